The second kappa shape index (κ2) is 10.3. The van der Waals surface area contributed by atoms with E-state index in [1.54, 1.807) is 49.4 Å². The molecule has 3 aromatic carbocycles. The van der Waals surface area contributed by atoms with E-state index in [2.05, 4.69) is 17.0 Å². The molecule has 0 heterocycles. The minimum atomic E-state index is -3.70. The number of aryl methyl sites for hydroxylation is 3. The lowest BCUT2D eigenvalue weighted by molar-refractivity contribution is 0.0947. The molecule has 0 spiro atoms. The van der Waals surface area contributed by atoms with E-state index in [9.17, 15) is 13.2 Å². The van der Waals surface area contributed by atoms with E-state index < -0.39 is 10.0 Å². The molecule has 0 aliphatic heterocycles. The lowest BCUT2D eigenvalue weighted by atomic mass is 10.1. The number of carbonyl (C=O) groups is 1. The van der Waals surface area contributed by atoms with Crippen molar-refractivity contribution < 1.29 is 17.9 Å². The van der Waals surface area contributed by atoms with Gasteiger partial charge in [0.05, 0.1) is 17.1 Å². The van der Waals surface area contributed by atoms with Gasteiger partial charge in [-0.1, -0.05) is 36.8 Å². The van der Waals surface area contributed by atoms with Gasteiger partial charge >= 0.3 is 0 Å². The maximum absolute atomic E-state index is 12.6. The van der Waals surface area contributed by atoms with Crippen LogP contribution in [0.25, 0.3) is 0 Å². The zero-order valence-electron chi connectivity index (χ0n) is 18.5. The monoisotopic (exact) mass is 452 g/mol. The number of sulfonamides is 1. The molecule has 0 aliphatic rings. The maximum Gasteiger partial charge on any atom is 0.261 e. The summed E-state index contributed by atoms with van der Waals surface area (Å²) < 4.78 is 33.4. The number of carbonyl (C=O) groups excluding carboxylic acids is 1. The second-order valence-electron chi connectivity index (χ2n) is 7.55. The molecule has 0 unspecified atom stereocenters. The Bertz CT molecular complexity index is 1170. The number of amides is 1. The Balaban J connectivity index is 1.55. The minimum absolute atomic E-state index is 0.189. The number of hydrogen-bond acceptors (Lipinski definition) is 4. The van der Waals surface area contributed by atoms with E-state index in [0.717, 1.165) is 17.7 Å². The maximum atomic E-state index is 12.6. The summed E-state index contributed by atoms with van der Waals surface area (Å²) in [5.74, 6) is 0.517. The Morgan fingerprint density at radius 2 is 1.62 bits per heavy atom. The predicted octanol–water partition coefficient (Wildman–Crippen LogP) is 4.48. The highest BCUT2D eigenvalue weighted by molar-refractivity contribution is 7.92. The van der Waals surface area contributed by atoms with Crippen molar-refractivity contribution >= 4 is 21.6 Å². The van der Waals surface area contributed by atoms with Crippen LogP contribution in [-0.4, -0.2) is 27.5 Å². The average Bonchev–Trinajstić information content (AvgIpc) is 2.78. The molecule has 0 atom stereocenters. The van der Waals surface area contributed by atoms with Gasteiger partial charge in [-0.15, -0.1) is 0 Å². The van der Waals surface area contributed by atoms with Crippen molar-refractivity contribution in [1.29, 1.82) is 0 Å². The van der Waals surface area contributed by atoms with Crippen LogP contribution < -0.4 is 14.8 Å². The third-order valence-corrected chi connectivity index (χ3v) is 6.43. The van der Waals surface area contributed by atoms with Gasteiger partial charge in [-0.3, -0.25) is 9.52 Å². The number of rotatable bonds is 9. The molecule has 3 rings (SSSR count). The lowest BCUT2D eigenvalue weighted by Gasteiger charge is -2.13. The summed E-state index contributed by atoms with van der Waals surface area (Å²) in [5.41, 5.74) is 3.76. The van der Waals surface area contributed by atoms with Crippen molar-refractivity contribution in [3.63, 3.8) is 0 Å². The van der Waals surface area contributed by atoms with Crippen LogP contribution in [0.5, 0.6) is 5.75 Å². The van der Waals surface area contributed by atoms with Gasteiger partial charge < -0.3 is 10.1 Å². The van der Waals surface area contributed by atoms with Crippen molar-refractivity contribution in [3.05, 3.63) is 89.0 Å². The number of benzene rings is 3. The number of nitrogens with one attached hydrogen (secondary N) is 2. The Morgan fingerprint density at radius 3 is 2.25 bits per heavy atom. The van der Waals surface area contributed by atoms with Gasteiger partial charge in [0.25, 0.3) is 15.9 Å². The van der Waals surface area contributed by atoms with E-state index in [0.29, 0.717) is 30.0 Å². The van der Waals surface area contributed by atoms with Crippen molar-refractivity contribution in [2.75, 3.05) is 17.9 Å². The van der Waals surface area contributed by atoms with Crippen LogP contribution in [0.4, 0.5) is 5.69 Å². The second-order valence-corrected chi connectivity index (χ2v) is 9.23. The van der Waals surface area contributed by atoms with Crippen LogP contribution in [0.1, 0.15) is 34.0 Å². The summed E-state index contributed by atoms with van der Waals surface area (Å²) in [7, 11) is -3.70. The van der Waals surface area contributed by atoms with E-state index >= 15 is 0 Å². The van der Waals surface area contributed by atoms with Gasteiger partial charge in [0, 0.05) is 5.56 Å². The molecule has 6 nitrogen and oxygen atoms in total. The Kier molecular flexibility index (Phi) is 7.53. The highest BCUT2D eigenvalue weighted by atomic mass is 32.2. The molecule has 7 heteroatoms. The molecule has 0 aromatic heterocycles. The quantitative estimate of drug-likeness (QED) is 0.469. The van der Waals surface area contributed by atoms with Crippen LogP contribution in [0.2, 0.25) is 0 Å². The fourth-order valence-electron chi connectivity index (χ4n) is 3.10. The molecular formula is C25H28N2O4S. The molecule has 3 aromatic rings. The summed E-state index contributed by atoms with van der Waals surface area (Å²) in [5, 5.41) is 2.82. The fourth-order valence-corrected chi connectivity index (χ4v) is 4.23. The Labute approximate surface area is 189 Å². The third kappa shape index (κ3) is 6.11. The smallest absolute Gasteiger partial charge is 0.261 e. The standard InChI is InChI=1S/C25H28N2O4S/c1-4-20-7-10-22(11-8-20)31-16-15-26-25(28)21-9-14-24(19(3)17-21)27-32(29,30)23-12-5-18(2)6-13-23/h5-14,17,27H,4,15-16H2,1-3H3,(H,26,28). The van der Waals surface area contributed by atoms with Gasteiger partial charge in [0.2, 0.25) is 0 Å². The number of hydrogen-bond donors (Lipinski definition) is 2. The first-order valence-corrected chi connectivity index (χ1v) is 12.0. The number of anilines is 1. The fraction of sp³-hybridized carbons (Fsp3) is 0.240. The zero-order valence-corrected chi connectivity index (χ0v) is 19.3. The van der Waals surface area contributed by atoms with Gasteiger partial charge in [-0.25, -0.2) is 8.42 Å². The Morgan fingerprint density at radius 1 is 0.938 bits per heavy atom. The molecule has 2 N–H and O–H groups in total. The van der Waals surface area contributed by atoms with Crippen LogP contribution in [-0.2, 0) is 16.4 Å². The van der Waals surface area contributed by atoms with Gasteiger partial charge in [0.1, 0.15) is 12.4 Å². The predicted molar refractivity (Wildman–Crippen MR) is 127 cm³/mol. The van der Waals surface area contributed by atoms with Gasteiger partial charge in [-0.2, -0.15) is 0 Å². The molecule has 0 saturated heterocycles. The molecule has 0 bridgehead atoms. The highest BCUT2D eigenvalue weighted by Gasteiger charge is 2.16. The molecule has 32 heavy (non-hydrogen) atoms. The number of ether oxygens (including phenoxy) is 1. The van der Waals surface area contributed by atoms with Crippen LogP contribution in [0.15, 0.2) is 71.6 Å². The van der Waals surface area contributed by atoms with E-state index in [-0.39, 0.29) is 10.8 Å². The lowest BCUT2D eigenvalue weighted by Crippen LogP contribution is -2.28. The van der Waals surface area contributed by atoms with Crippen molar-refractivity contribution in [3.8, 4) is 5.75 Å². The van der Waals surface area contributed by atoms with Crippen molar-refractivity contribution in [2.45, 2.75) is 32.1 Å². The third-order valence-electron chi connectivity index (χ3n) is 5.05. The van der Waals surface area contributed by atoms with E-state index in [1.165, 1.54) is 5.56 Å². The summed E-state index contributed by atoms with van der Waals surface area (Å²) in [6, 6.07) is 19.4. The largest absolute Gasteiger partial charge is 0.492 e. The van der Waals surface area contributed by atoms with Crippen LogP contribution in [0.3, 0.4) is 0 Å². The van der Waals surface area contributed by atoms with Crippen LogP contribution >= 0.6 is 0 Å². The molecule has 0 fully saturated rings. The van der Waals surface area contributed by atoms with Gasteiger partial charge in [-0.05, 0) is 73.9 Å². The van der Waals surface area contributed by atoms with Crippen molar-refractivity contribution in [2.24, 2.45) is 0 Å². The highest BCUT2D eigenvalue weighted by Crippen LogP contribution is 2.21. The van der Waals surface area contributed by atoms with Crippen molar-refractivity contribution in [1.82, 2.24) is 5.32 Å². The molecule has 168 valence electrons. The molecule has 0 radical (unpaired) electrons. The summed E-state index contributed by atoms with van der Waals surface area (Å²) in [6.45, 7) is 6.46. The normalized spacial score (nSPS) is 11.1. The molecule has 0 saturated carbocycles. The molecule has 0 aliphatic carbocycles. The summed E-state index contributed by atoms with van der Waals surface area (Å²) in [6.07, 6.45) is 0.974. The summed E-state index contributed by atoms with van der Waals surface area (Å²) >= 11 is 0. The minimum Gasteiger partial charge on any atom is -0.492 e. The molecular weight excluding hydrogens is 424 g/mol. The van der Waals surface area contributed by atoms with Crippen LogP contribution in [0, 0.1) is 13.8 Å². The van der Waals surface area contributed by atoms with E-state index in [1.807, 2.05) is 31.2 Å². The first kappa shape index (κ1) is 23.3. The SMILES string of the molecule is CCc1ccc(OCCNC(=O)c2ccc(NS(=O)(=O)c3ccc(C)cc3)c(C)c2)cc1. The van der Waals surface area contributed by atoms with E-state index in [4.69, 9.17) is 4.74 Å². The zero-order chi connectivity index (χ0) is 23.1. The summed E-state index contributed by atoms with van der Waals surface area (Å²) in [4.78, 5) is 12.6. The average molecular weight is 453 g/mol. The topological polar surface area (TPSA) is 84.5 Å². The Hall–Kier alpha value is -3.32. The van der Waals surface area contributed by atoms with Gasteiger partial charge in [0.15, 0.2) is 0 Å². The molecule has 1 amide bonds. The first-order valence-electron chi connectivity index (χ1n) is 10.5. The first-order chi connectivity index (χ1) is 15.3.